The lowest BCUT2D eigenvalue weighted by atomic mass is 10.0. The van der Waals surface area contributed by atoms with Crippen LogP contribution in [0.15, 0.2) is 0 Å². The molecule has 0 radical (unpaired) electrons. The normalized spacial score (nSPS) is 27.1. The lowest BCUT2D eigenvalue weighted by Gasteiger charge is -2.12. The summed E-state index contributed by atoms with van der Waals surface area (Å²) in [6.07, 6.45) is 1.26. The zero-order valence-corrected chi connectivity index (χ0v) is 9.16. The molecule has 1 aliphatic heterocycles. The minimum atomic E-state index is 0.237. The van der Waals surface area contributed by atoms with E-state index >= 15 is 0 Å². The van der Waals surface area contributed by atoms with E-state index in [-0.39, 0.29) is 6.10 Å². The van der Waals surface area contributed by atoms with Gasteiger partial charge in [-0.25, -0.2) is 0 Å². The van der Waals surface area contributed by atoms with Gasteiger partial charge in [-0.1, -0.05) is 0 Å². The van der Waals surface area contributed by atoms with Crippen LogP contribution in [0.25, 0.3) is 0 Å². The van der Waals surface area contributed by atoms with Crippen molar-refractivity contribution in [3.63, 3.8) is 0 Å². The Morgan fingerprint density at radius 2 is 2.36 bits per heavy atom. The van der Waals surface area contributed by atoms with Crippen molar-refractivity contribution in [2.24, 2.45) is 7.05 Å². The standard InChI is InChI=1S/C9H14ClN3O/c1-6-7(3-4-14-6)9-12-11-8(5-10)13(9)2/h6-7H,3-5H2,1-2H3. The monoisotopic (exact) mass is 215 g/mol. The van der Waals surface area contributed by atoms with Crippen molar-refractivity contribution >= 4 is 11.6 Å². The Hall–Kier alpha value is -0.610. The molecule has 4 nitrogen and oxygen atoms in total. The van der Waals surface area contributed by atoms with Crippen molar-refractivity contribution in [3.05, 3.63) is 11.6 Å². The summed E-state index contributed by atoms with van der Waals surface area (Å²) >= 11 is 5.73. The van der Waals surface area contributed by atoms with Gasteiger partial charge in [-0.05, 0) is 13.3 Å². The Labute approximate surface area is 88.2 Å². The predicted molar refractivity (Wildman–Crippen MR) is 53.3 cm³/mol. The van der Waals surface area contributed by atoms with Crippen molar-refractivity contribution in [1.29, 1.82) is 0 Å². The lowest BCUT2D eigenvalue weighted by molar-refractivity contribution is 0.117. The second-order valence-electron chi connectivity index (χ2n) is 3.64. The van der Waals surface area contributed by atoms with Crippen LogP contribution in [-0.4, -0.2) is 27.5 Å². The molecule has 0 spiro atoms. The Kier molecular flexibility index (Phi) is 2.74. The first kappa shape index (κ1) is 9.93. The van der Waals surface area contributed by atoms with E-state index in [0.717, 1.165) is 24.7 Å². The Bertz CT molecular complexity index is 326. The third-order valence-electron chi connectivity index (χ3n) is 2.83. The smallest absolute Gasteiger partial charge is 0.147 e. The molecule has 2 atom stereocenters. The summed E-state index contributed by atoms with van der Waals surface area (Å²) in [5, 5.41) is 8.21. The third-order valence-corrected chi connectivity index (χ3v) is 3.07. The van der Waals surface area contributed by atoms with Gasteiger partial charge < -0.3 is 9.30 Å². The summed E-state index contributed by atoms with van der Waals surface area (Å²) in [6.45, 7) is 2.89. The van der Waals surface area contributed by atoms with Crippen molar-refractivity contribution < 1.29 is 4.74 Å². The zero-order chi connectivity index (χ0) is 10.1. The molecule has 78 valence electrons. The number of hydrogen-bond acceptors (Lipinski definition) is 3. The maximum atomic E-state index is 5.73. The van der Waals surface area contributed by atoms with E-state index in [1.807, 2.05) is 11.6 Å². The van der Waals surface area contributed by atoms with Gasteiger partial charge in [0.25, 0.3) is 0 Å². The van der Waals surface area contributed by atoms with Crippen LogP contribution in [0.2, 0.25) is 0 Å². The highest BCUT2D eigenvalue weighted by Gasteiger charge is 2.30. The van der Waals surface area contributed by atoms with Crippen molar-refractivity contribution in [2.45, 2.75) is 31.2 Å². The Morgan fingerprint density at radius 3 is 2.86 bits per heavy atom. The number of alkyl halides is 1. The van der Waals surface area contributed by atoms with Crippen LogP contribution >= 0.6 is 11.6 Å². The van der Waals surface area contributed by atoms with E-state index in [2.05, 4.69) is 17.1 Å². The maximum Gasteiger partial charge on any atom is 0.147 e. The minimum Gasteiger partial charge on any atom is -0.378 e. The Morgan fingerprint density at radius 1 is 1.57 bits per heavy atom. The van der Waals surface area contributed by atoms with Gasteiger partial charge in [0.15, 0.2) is 0 Å². The van der Waals surface area contributed by atoms with E-state index in [9.17, 15) is 0 Å². The van der Waals surface area contributed by atoms with Crippen molar-refractivity contribution in [3.8, 4) is 0 Å². The number of nitrogens with zero attached hydrogens (tertiary/aromatic N) is 3. The number of rotatable bonds is 2. The molecule has 1 aromatic heterocycles. The van der Waals surface area contributed by atoms with Gasteiger partial charge in [-0.2, -0.15) is 0 Å². The summed E-state index contributed by atoms with van der Waals surface area (Å²) in [5.74, 6) is 2.58. The summed E-state index contributed by atoms with van der Waals surface area (Å²) in [6, 6.07) is 0. The molecule has 5 heteroatoms. The van der Waals surface area contributed by atoms with Gasteiger partial charge in [-0.15, -0.1) is 21.8 Å². The largest absolute Gasteiger partial charge is 0.378 e. The van der Waals surface area contributed by atoms with E-state index in [1.54, 1.807) is 0 Å². The highest BCUT2D eigenvalue weighted by molar-refractivity contribution is 6.16. The number of halogens is 1. The SMILES string of the molecule is CC1OCCC1c1nnc(CCl)n1C. The first-order chi connectivity index (χ1) is 6.74. The summed E-state index contributed by atoms with van der Waals surface area (Å²) in [4.78, 5) is 0. The molecular formula is C9H14ClN3O. The zero-order valence-electron chi connectivity index (χ0n) is 8.40. The van der Waals surface area contributed by atoms with Gasteiger partial charge in [0.05, 0.1) is 12.0 Å². The van der Waals surface area contributed by atoms with Crippen LogP contribution in [0, 0.1) is 0 Å². The highest BCUT2D eigenvalue weighted by Crippen LogP contribution is 2.29. The maximum absolute atomic E-state index is 5.73. The van der Waals surface area contributed by atoms with Gasteiger partial charge >= 0.3 is 0 Å². The lowest BCUT2D eigenvalue weighted by Crippen LogP contribution is -2.14. The van der Waals surface area contributed by atoms with E-state index < -0.39 is 0 Å². The van der Waals surface area contributed by atoms with Crippen LogP contribution in [0.4, 0.5) is 0 Å². The molecule has 2 rings (SSSR count). The fraction of sp³-hybridized carbons (Fsp3) is 0.778. The molecule has 0 saturated carbocycles. The molecule has 0 bridgehead atoms. The minimum absolute atomic E-state index is 0.237. The average molecular weight is 216 g/mol. The molecule has 1 aliphatic rings. The molecule has 0 N–H and O–H groups in total. The molecule has 1 fully saturated rings. The van der Waals surface area contributed by atoms with Crippen LogP contribution < -0.4 is 0 Å². The van der Waals surface area contributed by atoms with Crippen LogP contribution in [0.1, 0.15) is 30.9 Å². The van der Waals surface area contributed by atoms with Crippen molar-refractivity contribution in [1.82, 2.24) is 14.8 Å². The first-order valence-corrected chi connectivity index (χ1v) is 5.33. The topological polar surface area (TPSA) is 39.9 Å². The number of aromatic nitrogens is 3. The fourth-order valence-electron chi connectivity index (χ4n) is 1.89. The van der Waals surface area contributed by atoms with E-state index in [0.29, 0.717) is 11.8 Å². The molecule has 14 heavy (non-hydrogen) atoms. The van der Waals surface area contributed by atoms with Gasteiger partial charge in [-0.3, -0.25) is 0 Å². The van der Waals surface area contributed by atoms with Crippen LogP contribution in [0.3, 0.4) is 0 Å². The number of hydrogen-bond donors (Lipinski definition) is 0. The molecule has 1 saturated heterocycles. The van der Waals surface area contributed by atoms with Gasteiger partial charge in [0, 0.05) is 19.6 Å². The Balaban J connectivity index is 2.27. The molecule has 0 aliphatic carbocycles. The summed E-state index contributed by atoms with van der Waals surface area (Å²) in [5.41, 5.74) is 0. The van der Waals surface area contributed by atoms with Gasteiger partial charge in [0.1, 0.15) is 11.6 Å². The van der Waals surface area contributed by atoms with Crippen LogP contribution in [0.5, 0.6) is 0 Å². The van der Waals surface area contributed by atoms with E-state index in [1.165, 1.54) is 0 Å². The molecule has 0 amide bonds. The fourth-order valence-corrected chi connectivity index (χ4v) is 2.12. The number of ether oxygens (including phenoxy) is 1. The summed E-state index contributed by atoms with van der Waals surface area (Å²) < 4.78 is 7.48. The average Bonchev–Trinajstić information content (AvgIpc) is 2.72. The molecular weight excluding hydrogens is 202 g/mol. The predicted octanol–water partition coefficient (Wildman–Crippen LogP) is 1.45. The van der Waals surface area contributed by atoms with Gasteiger partial charge in [0.2, 0.25) is 0 Å². The highest BCUT2D eigenvalue weighted by atomic mass is 35.5. The van der Waals surface area contributed by atoms with Crippen molar-refractivity contribution in [2.75, 3.05) is 6.61 Å². The van der Waals surface area contributed by atoms with E-state index in [4.69, 9.17) is 16.3 Å². The molecule has 2 heterocycles. The van der Waals surface area contributed by atoms with Crippen LogP contribution in [-0.2, 0) is 17.7 Å². The summed E-state index contributed by atoms with van der Waals surface area (Å²) in [7, 11) is 1.96. The quantitative estimate of drug-likeness (QED) is 0.701. The molecule has 0 aromatic carbocycles. The first-order valence-electron chi connectivity index (χ1n) is 4.79. The second-order valence-corrected chi connectivity index (χ2v) is 3.91. The molecule has 1 aromatic rings. The second kappa shape index (κ2) is 3.87. The third kappa shape index (κ3) is 1.53. The molecule has 2 unspecified atom stereocenters.